The molecule has 162 valence electrons. The van der Waals surface area contributed by atoms with E-state index >= 15 is 0 Å². The summed E-state index contributed by atoms with van der Waals surface area (Å²) >= 11 is 0. The van der Waals surface area contributed by atoms with Crippen LogP contribution in [0.15, 0.2) is 59.4 Å². The number of carbonyl (C=O) groups is 1. The number of hydrogen-bond donors (Lipinski definition) is 3. The number of aromatic hydroxyl groups is 1. The number of carboxylic acid groups (broad SMARTS) is 1. The highest BCUT2D eigenvalue weighted by atomic mass is 16.4. The average molecular weight is 429 g/mol. The van der Waals surface area contributed by atoms with E-state index in [-0.39, 0.29) is 22.9 Å². The Hall–Kier alpha value is -3.87. The second-order valence-corrected chi connectivity index (χ2v) is 8.31. The zero-order chi connectivity index (χ0) is 22.2. The van der Waals surface area contributed by atoms with E-state index in [9.17, 15) is 19.8 Å². The number of phenolic OH excluding ortho intramolecular Hbond substituents is 1. The van der Waals surface area contributed by atoms with Gasteiger partial charge < -0.3 is 10.2 Å². The van der Waals surface area contributed by atoms with Crippen molar-refractivity contribution in [2.24, 2.45) is 0 Å². The number of aromatic amines is 1. The van der Waals surface area contributed by atoms with Crippen LogP contribution in [0.25, 0.3) is 28.0 Å². The van der Waals surface area contributed by atoms with E-state index in [2.05, 4.69) is 5.10 Å². The van der Waals surface area contributed by atoms with Crippen molar-refractivity contribution in [3.8, 4) is 28.1 Å². The largest absolute Gasteiger partial charge is 0.508 e. The molecule has 0 amide bonds. The van der Waals surface area contributed by atoms with E-state index in [4.69, 9.17) is 4.98 Å². The number of rotatable bonds is 4. The van der Waals surface area contributed by atoms with Crippen molar-refractivity contribution in [3.05, 3.63) is 76.2 Å². The summed E-state index contributed by atoms with van der Waals surface area (Å²) in [6, 6.07) is 16.2. The minimum atomic E-state index is -1.13. The number of carboxylic acids is 1. The Bertz CT molecular complexity index is 1360. The molecule has 3 N–H and O–H groups in total. The lowest BCUT2D eigenvalue weighted by atomic mass is 9.82. The molecule has 32 heavy (non-hydrogen) atoms. The molecule has 1 saturated carbocycles. The van der Waals surface area contributed by atoms with Crippen LogP contribution in [0, 0.1) is 0 Å². The summed E-state index contributed by atoms with van der Waals surface area (Å²) in [5, 5.41) is 21.8. The summed E-state index contributed by atoms with van der Waals surface area (Å²) in [5.74, 6) is -0.836. The lowest BCUT2D eigenvalue weighted by Gasteiger charge is -2.23. The van der Waals surface area contributed by atoms with E-state index in [1.165, 1.54) is 10.6 Å². The van der Waals surface area contributed by atoms with Gasteiger partial charge in [-0.25, -0.2) is 14.3 Å². The van der Waals surface area contributed by atoms with Crippen LogP contribution in [0.2, 0.25) is 0 Å². The number of nitrogens with zero attached hydrogens (tertiary/aromatic N) is 2. The van der Waals surface area contributed by atoms with Crippen LogP contribution in [0.1, 0.15) is 54.1 Å². The molecule has 0 unspecified atom stereocenters. The van der Waals surface area contributed by atoms with Gasteiger partial charge in [-0.1, -0.05) is 55.7 Å². The first-order valence-corrected chi connectivity index (χ1v) is 10.8. The highest BCUT2D eigenvalue weighted by Crippen LogP contribution is 2.36. The minimum Gasteiger partial charge on any atom is -0.508 e. The lowest BCUT2D eigenvalue weighted by Crippen LogP contribution is -2.25. The highest BCUT2D eigenvalue weighted by Gasteiger charge is 2.26. The van der Waals surface area contributed by atoms with E-state index < -0.39 is 5.97 Å². The van der Waals surface area contributed by atoms with Crippen molar-refractivity contribution in [2.45, 2.75) is 38.0 Å². The van der Waals surface area contributed by atoms with Crippen molar-refractivity contribution < 1.29 is 15.0 Å². The fourth-order valence-corrected chi connectivity index (χ4v) is 4.63. The van der Waals surface area contributed by atoms with Crippen LogP contribution in [0.4, 0.5) is 0 Å². The molecule has 0 spiro atoms. The predicted octanol–water partition coefficient (Wildman–Crippen LogP) is 4.81. The van der Waals surface area contributed by atoms with Gasteiger partial charge in [0.05, 0.1) is 5.69 Å². The van der Waals surface area contributed by atoms with Gasteiger partial charge in [-0.2, -0.15) is 0 Å². The monoisotopic (exact) mass is 429 g/mol. The SMILES string of the molecule is O=C(O)c1cc2nc(-c3ccc(-c4cccc(O)c4)cc3)c(C3CCCCC3)c(=O)n2[nH]1. The molecule has 1 aliphatic rings. The molecule has 0 atom stereocenters. The van der Waals surface area contributed by atoms with Crippen molar-refractivity contribution in [1.29, 1.82) is 0 Å². The smallest absolute Gasteiger partial charge is 0.353 e. The van der Waals surface area contributed by atoms with Gasteiger partial charge in [0.15, 0.2) is 5.65 Å². The lowest BCUT2D eigenvalue weighted by molar-refractivity contribution is 0.0690. The van der Waals surface area contributed by atoms with Gasteiger partial charge in [-0.3, -0.25) is 9.89 Å². The zero-order valence-corrected chi connectivity index (χ0v) is 17.4. The molecule has 0 radical (unpaired) electrons. The van der Waals surface area contributed by atoms with Gasteiger partial charge in [-0.05, 0) is 42.0 Å². The quantitative estimate of drug-likeness (QED) is 0.432. The molecule has 1 fully saturated rings. The van der Waals surface area contributed by atoms with Gasteiger partial charge in [0, 0.05) is 17.2 Å². The topological polar surface area (TPSA) is 108 Å². The maximum atomic E-state index is 13.5. The Morgan fingerprint density at radius 2 is 1.69 bits per heavy atom. The van der Waals surface area contributed by atoms with E-state index in [1.54, 1.807) is 18.2 Å². The first-order chi connectivity index (χ1) is 15.5. The predicted molar refractivity (Wildman–Crippen MR) is 121 cm³/mol. The molecule has 0 saturated heterocycles. The van der Waals surface area contributed by atoms with Gasteiger partial charge in [0.2, 0.25) is 0 Å². The van der Waals surface area contributed by atoms with Gasteiger partial charge >= 0.3 is 5.97 Å². The van der Waals surface area contributed by atoms with E-state index in [1.807, 2.05) is 30.3 Å². The molecule has 5 rings (SSSR count). The Morgan fingerprint density at radius 3 is 2.38 bits per heavy atom. The van der Waals surface area contributed by atoms with Crippen LogP contribution in [0.3, 0.4) is 0 Å². The van der Waals surface area contributed by atoms with Crippen LogP contribution in [-0.4, -0.2) is 30.8 Å². The number of benzene rings is 2. The number of phenols is 1. The van der Waals surface area contributed by atoms with Crippen molar-refractivity contribution in [2.75, 3.05) is 0 Å². The molecule has 7 nitrogen and oxygen atoms in total. The maximum absolute atomic E-state index is 13.5. The second kappa shape index (κ2) is 8.00. The molecule has 1 aliphatic carbocycles. The van der Waals surface area contributed by atoms with Gasteiger partial charge in [0.1, 0.15) is 11.4 Å². The molecule has 0 bridgehead atoms. The molecule has 7 heteroatoms. The molecule has 0 aliphatic heterocycles. The summed E-state index contributed by atoms with van der Waals surface area (Å²) in [4.78, 5) is 29.6. The third-order valence-electron chi connectivity index (χ3n) is 6.23. The standard InChI is InChI=1S/C25H23N3O4/c29-19-8-4-7-18(13-19)15-9-11-17(12-10-15)23-22(16-5-2-1-3-6-16)24(30)28-21(26-23)14-20(27-28)25(31)32/h4,7-14,16,27,29H,1-3,5-6H2,(H,31,32). The van der Waals surface area contributed by atoms with Crippen LogP contribution < -0.4 is 5.56 Å². The van der Waals surface area contributed by atoms with Crippen LogP contribution in [-0.2, 0) is 0 Å². The Morgan fingerprint density at radius 1 is 0.969 bits per heavy atom. The summed E-state index contributed by atoms with van der Waals surface area (Å²) in [6.45, 7) is 0. The molecular weight excluding hydrogens is 406 g/mol. The summed E-state index contributed by atoms with van der Waals surface area (Å²) in [6.07, 6.45) is 5.13. The highest BCUT2D eigenvalue weighted by molar-refractivity contribution is 5.86. The Kier molecular flexibility index (Phi) is 5.01. The van der Waals surface area contributed by atoms with Crippen molar-refractivity contribution in [3.63, 3.8) is 0 Å². The van der Waals surface area contributed by atoms with Crippen molar-refractivity contribution in [1.82, 2.24) is 14.6 Å². The number of nitrogens with one attached hydrogen (secondary N) is 1. The maximum Gasteiger partial charge on any atom is 0.353 e. The summed E-state index contributed by atoms with van der Waals surface area (Å²) in [5.41, 5.74) is 3.89. The average Bonchev–Trinajstić information content (AvgIpc) is 3.25. The normalized spacial score (nSPS) is 14.6. The van der Waals surface area contributed by atoms with Gasteiger partial charge in [-0.15, -0.1) is 0 Å². The Balaban J connectivity index is 1.66. The first kappa shape index (κ1) is 20.1. The minimum absolute atomic E-state index is 0.0689. The molecule has 4 aromatic rings. The van der Waals surface area contributed by atoms with E-state index in [0.29, 0.717) is 16.9 Å². The molecule has 2 aromatic heterocycles. The van der Waals surface area contributed by atoms with Crippen molar-refractivity contribution >= 4 is 11.6 Å². The fraction of sp³-hybridized carbons (Fsp3) is 0.240. The fourth-order valence-electron chi connectivity index (χ4n) is 4.63. The zero-order valence-electron chi connectivity index (χ0n) is 17.4. The number of aromatic nitrogens is 3. The molecule has 2 heterocycles. The Labute approximate surface area is 184 Å². The van der Waals surface area contributed by atoms with E-state index in [0.717, 1.165) is 48.8 Å². The first-order valence-electron chi connectivity index (χ1n) is 10.8. The summed E-state index contributed by atoms with van der Waals surface area (Å²) < 4.78 is 1.25. The molecule has 2 aromatic carbocycles. The third kappa shape index (κ3) is 3.56. The molecular formula is C25H23N3O4. The van der Waals surface area contributed by atoms with Crippen LogP contribution >= 0.6 is 0 Å². The van der Waals surface area contributed by atoms with Gasteiger partial charge in [0.25, 0.3) is 5.56 Å². The number of fused-ring (bicyclic) bond motifs is 1. The second-order valence-electron chi connectivity index (χ2n) is 8.31. The number of H-pyrrole nitrogens is 1. The third-order valence-corrected chi connectivity index (χ3v) is 6.23. The van der Waals surface area contributed by atoms with Crippen LogP contribution in [0.5, 0.6) is 5.75 Å². The number of hydrogen-bond acceptors (Lipinski definition) is 4. The number of aromatic carboxylic acids is 1. The summed E-state index contributed by atoms with van der Waals surface area (Å²) in [7, 11) is 0.